The molecule has 0 aliphatic heterocycles. The summed E-state index contributed by atoms with van der Waals surface area (Å²) in [5.41, 5.74) is 0.309. The van der Waals surface area contributed by atoms with Gasteiger partial charge in [0.15, 0.2) is 0 Å². The molecule has 5 nitrogen and oxygen atoms in total. The number of nitrogens with one attached hydrogen (secondary N) is 1. The highest BCUT2D eigenvalue weighted by atomic mass is 19.1. The molecule has 1 rings (SSSR count). The van der Waals surface area contributed by atoms with Crippen LogP contribution in [-0.4, -0.2) is 28.6 Å². The average molecular weight is 255 g/mol. The minimum atomic E-state index is -1.11. The van der Waals surface area contributed by atoms with Crippen LogP contribution in [0.1, 0.15) is 24.5 Å². The van der Waals surface area contributed by atoms with Crippen molar-refractivity contribution in [1.29, 1.82) is 0 Å². The third kappa shape index (κ3) is 4.92. The first-order valence-corrected chi connectivity index (χ1v) is 5.41. The van der Waals surface area contributed by atoms with Gasteiger partial charge in [-0.15, -0.1) is 0 Å². The Morgan fingerprint density at radius 2 is 2.11 bits per heavy atom. The fourth-order valence-corrected chi connectivity index (χ4v) is 1.39. The highest BCUT2D eigenvalue weighted by molar-refractivity contribution is 5.77. The molecule has 0 saturated heterocycles. The molecule has 1 aromatic rings. The van der Waals surface area contributed by atoms with Gasteiger partial charge in [0.2, 0.25) is 5.91 Å². The topological polar surface area (TPSA) is 86.6 Å². The number of aliphatic hydroxyl groups is 1. The molecule has 0 aliphatic carbocycles. The number of aliphatic hydroxyl groups excluding tert-OH is 1. The zero-order valence-corrected chi connectivity index (χ0v) is 9.60. The van der Waals surface area contributed by atoms with E-state index in [2.05, 4.69) is 5.32 Å². The minimum absolute atomic E-state index is 0.00401. The Morgan fingerprint density at radius 3 is 2.72 bits per heavy atom. The average Bonchev–Trinajstić information content (AvgIpc) is 2.28. The number of carbonyl (C=O) groups excluding carboxylic acids is 1. The zero-order valence-electron chi connectivity index (χ0n) is 9.60. The summed E-state index contributed by atoms with van der Waals surface area (Å²) in [6.07, 6.45) is -1.52. The molecule has 1 unspecified atom stereocenters. The molecule has 1 aromatic carbocycles. The Morgan fingerprint density at radius 1 is 1.39 bits per heavy atom. The van der Waals surface area contributed by atoms with Crippen molar-refractivity contribution in [1.82, 2.24) is 5.32 Å². The first kappa shape index (κ1) is 14.1. The van der Waals surface area contributed by atoms with Crippen LogP contribution in [0.5, 0.6) is 0 Å². The van der Waals surface area contributed by atoms with E-state index >= 15 is 0 Å². The van der Waals surface area contributed by atoms with Gasteiger partial charge in [-0.1, -0.05) is 12.1 Å². The van der Waals surface area contributed by atoms with Crippen LogP contribution in [0.4, 0.5) is 4.39 Å². The summed E-state index contributed by atoms with van der Waals surface area (Å²) < 4.78 is 12.9. The van der Waals surface area contributed by atoms with Gasteiger partial charge < -0.3 is 15.5 Å². The molecule has 6 heteroatoms. The molecule has 1 atom stereocenters. The lowest BCUT2D eigenvalue weighted by molar-refractivity contribution is -0.136. The number of benzene rings is 1. The van der Waals surface area contributed by atoms with E-state index in [-0.39, 0.29) is 19.4 Å². The Balaban J connectivity index is 2.42. The van der Waals surface area contributed by atoms with Crippen molar-refractivity contribution >= 4 is 11.9 Å². The molecule has 0 spiro atoms. The lowest BCUT2D eigenvalue weighted by atomic mass is 10.1. The molecule has 0 fully saturated rings. The summed E-state index contributed by atoms with van der Waals surface area (Å²) in [7, 11) is 0. The van der Waals surface area contributed by atoms with Crippen LogP contribution < -0.4 is 5.32 Å². The first-order chi connectivity index (χ1) is 8.49. The fraction of sp³-hybridized carbons (Fsp3) is 0.333. The standard InChI is InChI=1S/C12H14FNO4/c13-9-3-1-2-8(6-9)10(15)7-11(16)14-5-4-12(17)18/h1-3,6,10,15H,4-5,7H2,(H,14,16)(H,17,18). The van der Waals surface area contributed by atoms with Crippen molar-refractivity contribution in [3.05, 3.63) is 35.6 Å². The monoisotopic (exact) mass is 255 g/mol. The van der Waals surface area contributed by atoms with Gasteiger partial charge in [-0.05, 0) is 17.7 Å². The van der Waals surface area contributed by atoms with Gasteiger partial charge in [-0.25, -0.2) is 4.39 Å². The number of hydrogen-bond acceptors (Lipinski definition) is 3. The highest BCUT2D eigenvalue weighted by Gasteiger charge is 2.13. The van der Waals surface area contributed by atoms with Crippen molar-refractivity contribution in [3.8, 4) is 0 Å². The molecule has 18 heavy (non-hydrogen) atoms. The molecule has 0 heterocycles. The van der Waals surface area contributed by atoms with E-state index in [4.69, 9.17) is 5.11 Å². The molecule has 0 aliphatic rings. The highest BCUT2D eigenvalue weighted by Crippen LogP contribution is 2.17. The lowest BCUT2D eigenvalue weighted by Crippen LogP contribution is -2.27. The predicted molar refractivity (Wildman–Crippen MR) is 61.2 cm³/mol. The van der Waals surface area contributed by atoms with E-state index in [1.54, 1.807) is 0 Å². The van der Waals surface area contributed by atoms with Gasteiger partial charge in [0, 0.05) is 6.54 Å². The Labute approximate surface area is 103 Å². The van der Waals surface area contributed by atoms with Crippen LogP contribution in [0, 0.1) is 5.82 Å². The summed E-state index contributed by atoms with van der Waals surface area (Å²) in [5.74, 6) is -1.98. The van der Waals surface area contributed by atoms with Crippen molar-refractivity contribution in [2.75, 3.05) is 6.54 Å². The number of carbonyl (C=O) groups is 2. The van der Waals surface area contributed by atoms with E-state index < -0.39 is 23.8 Å². The van der Waals surface area contributed by atoms with E-state index in [1.807, 2.05) is 0 Å². The number of hydrogen-bond donors (Lipinski definition) is 3. The summed E-state index contributed by atoms with van der Waals surface area (Å²) in [5, 5.41) is 20.4. The Bertz CT molecular complexity index is 436. The van der Waals surface area contributed by atoms with E-state index in [0.29, 0.717) is 5.56 Å². The molecule has 1 amide bonds. The second kappa shape index (κ2) is 6.70. The molecule has 3 N–H and O–H groups in total. The summed E-state index contributed by atoms with van der Waals surface area (Å²) in [6, 6.07) is 5.34. The molecular formula is C12H14FNO4. The van der Waals surface area contributed by atoms with Gasteiger partial charge in [0.05, 0.1) is 18.9 Å². The number of aliphatic carboxylic acids is 1. The maximum atomic E-state index is 12.9. The maximum Gasteiger partial charge on any atom is 0.305 e. The third-order valence-electron chi connectivity index (χ3n) is 2.27. The number of halogens is 1. The number of carboxylic acid groups (broad SMARTS) is 1. The van der Waals surface area contributed by atoms with Gasteiger partial charge >= 0.3 is 5.97 Å². The van der Waals surface area contributed by atoms with Gasteiger partial charge in [0.25, 0.3) is 0 Å². The summed E-state index contributed by atoms with van der Waals surface area (Å²) in [4.78, 5) is 21.6. The predicted octanol–water partition coefficient (Wildman–Crippen LogP) is 0.840. The van der Waals surface area contributed by atoms with Crippen molar-refractivity contribution in [3.63, 3.8) is 0 Å². The van der Waals surface area contributed by atoms with Crippen molar-refractivity contribution < 1.29 is 24.2 Å². The smallest absolute Gasteiger partial charge is 0.305 e. The molecule has 0 radical (unpaired) electrons. The number of rotatable bonds is 6. The van der Waals surface area contributed by atoms with Crippen LogP contribution in [0.3, 0.4) is 0 Å². The molecule has 0 bridgehead atoms. The summed E-state index contributed by atoms with van der Waals surface area (Å²) in [6.45, 7) is 0.00401. The van der Waals surface area contributed by atoms with E-state index in [1.165, 1.54) is 18.2 Å². The normalized spacial score (nSPS) is 11.9. The zero-order chi connectivity index (χ0) is 13.5. The van der Waals surface area contributed by atoms with E-state index in [9.17, 15) is 19.1 Å². The molecule has 98 valence electrons. The van der Waals surface area contributed by atoms with E-state index in [0.717, 1.165) is 6.07 Å². The van der Waals surface area contributed by atoms with Gasteiger partial charge in [-0.2, -0.15) is 0 Å². The fourth-order valence-electron chi connectivity index (χ4n) is 1.39. The Kier molecular flexibility index (Phi) is 5.26. The van der Waals surface area contributed by atoms with Crippen LogP contribution in [-0.2, 0) is 9.59 Å². The van der Waals surface area contributed by atoms with Gasteiger partial charge in [-0.3, -0.25) is 9.59 Å². The summed E-state index contributed by atoms with van der Waals surface area (Å²) >= 11 is 0. The van der Waals surface area contributed by atoms with Crippen molar-refractivity contribution in [2.24, 2.45) is 0 Å². The second-order valence-corrected chi connectivity index (χ2v) is 3.77. The largest absolute Gasteiger partial charge is 0.481 e. The molecular weight excluding hydrogens is 241 g/mol. The SMILES string of the molecule is O=C(O)CCNC(=O)CC(O)c1cccc(F)c1. The Hall–Kier alpha value is -1.95. The lowest BCUT2D eigenvalue weighted by Gasteiger charge is -2.10. The van der Waals surface area contributed by atoms with Crippen LogP contribution >= 0.6 is 0 Å². The van der Waals surface area contributed by atoms with Crippen molar-refractivity contribution in [2.45, 2.75) is 18.9 Å². The van der Waals surface area contributed by atoms with Crippen LogP contribution in [0.2, 0.25) is 0 Å². The quantitative estimate of drug-likeness (QED) is 0.703. The number of amides is 1. The third-order valence-corrected chi connectivity index (χ3v) is 2.27. The van der Waals surface area contributed by atoms with Gasteiger partial charge in [0.1, 0.15) is 5.82 Å². The number of carboxylic acids is 1. The molecule has 0 saturated carbocycles. The second-order valence-electron chi connectivity index (χ2n) is 3.77. The minimum Gasteiger partial charge on any atom is -0.481 e. The van der Waals surface area contributed by atoms with Crippen LogP contribution in [0.25, 0.3) is 0 Å². The van der Waals surface area contributed by atoms with Crippen LogP contribution in [0.15, 0.2) is 24.3 Å². The maximum absolute atomic E-state index is 12.9. The molecule has 0 aromatic heterocycles. The first-order valence-electron chi connectivity index (χ1n) is 5.41.